The summed E-state index contributed by atoms with van der Waals surface area (Å²) in [5.41, 5.74) is 4.20. The summed E-state index contributed by atoms with van der Waals surface area (Å²) in [6.07, 6.45) is 13.9. The second-order valence-electron chi connectivity index (χ2n) is 8.73. The molecule has 2 unspecified atom stereocenters. The Morgan fingerprint density at radius 1 is 0.679 bits per heavy atom. The Morgan fingerprint density at radius 2 is 1.04 bits per heavy atom. The molecule has 3 rings (SSSR count). The van der Waals surface area contributed by atoms with Crippen molar-refractivity contribution in [2.24, 2.45) is 11.8 Å². The second-order valence-corrected chi connectivity index (χ2v) is 13.2. The van der Waals surface area contributed by atoms with E-state index in [0.717, 1.165) is 23.3 Å². The lowest BCUT2D eigenvalue weighted by molar-refractivity contribution is 0.375. The second kappa shape index (κ2) is 11.7. The molecule has 2 aliphatic carbocycles. The van der Waals surface area contributed by atoms with Crippen LogP contribution in [0.25, 0.3) is 0 Å². The van der Waals surface area contributed by atoms with Crippen molar-refractivity contribution in [1.29, 1.82) is 0 Å². The molecule has 1 aromatic carbocycles. The summed E-state index contributed by atoms with van der Waals surface area (Å²) >= 11 is 0. The van der Waals surface area contributed by atoms with Crippen LogP contribution in [-0.4, -0.2) is 18.1 Å². The van der Waals surface area contributed by atoms with Gasteiger partial charge in [0.05, 0.1) is 0 Å². The van der Waals surface area contributed by atoms with Crippen LogP contribution in [0, 0.1) is 11.8 Å². The van der Waals surface area contributed by atoms with Gasteiger partial charge in [-0.05, 0) is 48.2 Å². The highest BCUT2D eigenvalue weighted by Gasteiger charge is 2.21. The van der Waals surface area contributed by atoms with Gasteiger partial charge in [0.25, 0.3) is 18.1 Å². The predicted octanol–water partition coefficient (Wildman–Crippen LogP) is 6.50. The Kier molecular flexibility index (Phi) is 8.93. The molecule has 28 heavy (non-hydrogen) atoms. The third-order valence-corrected chi connectivity index (χ3v) is 11.0. The molecule has 2 atom stereocenters. The summed E-state index contributed by atoms with van der Waals surface area (Å²) in [7, 11) is -2.75. The van der Waals surface area contributed by atoms with Crippen molar-refractivity contribution in [3.05, 3.63) is 48.8 Å². The van der Waals surface area contributed by atoms with Gasteiger partial charge in [0, 0.05) is 0 Å². The van der Waals surface area contributed by atoms with Gasteiger partial charge >= 0.3 is 0 Å². The summed E-state index contributed by atoms with van der Waals surface area (Å²) in [4.78, 5) is 0. The van der Waals surface area contributed by atoms with Crippen LogP contribution in [0.2, 0.25) is 12.1 Å². The summed E-state index contributed by atoms with van der Waals surface area (Å²) < 4.78 is 12.7. The fraction of sp³-hybridized carbons (Fsp3) is 0.583. The molecule has 154 valence electrons. The average Bonchev–Trinajstić information content (AvgIpc) is 2.75. The van der Waals surface area contributed by atoms with Crippen molar-refractivity contribution < 1.29 is 8.85 Å². The van der Waals surface area contributed by atoms with E-state index < -0.39 is 18.1 Å². The molecule has 2 aliphatic rings. The Balaban J connectivity index is 1.48. The summed E-state index contributed by atoms with van der Waals surface area (Å²) in [6.45, 7) is 8.11. The van der Waals surface area contributed by atoms with Crippen molar-refractivity contribution in [2.45, 2.75) is 76.3 Å². The molecule has 0 bridgehead atoms. The minimum absolute atomic E-state index is 0.852. The van der Waals surface area contributed by atoms with Gasteiger partial charge < -0.3 is 8.85 Å². The molecule has 0 N–H and O–H groups in total. The van der Waals surface area contributed by atoms with E-state index in [2.05, 4.69) is 48.8 Å². The fourth-order valence-electron chi connectivity index (χ4n) is 4.83. The first-order chi connectivity index (χ1) is 13.8. The molecule has 2 saturated carbocycles. The molecular formula is C24H38O2Si2. The highest BCUT2D eigenvalue weighted by atomic mass is 28.3. The Bertz CT molecular complexity index is 536. The maximum Gasteiger partial charge on any atom is 0.259 e. The van der Waals surface area contributed by atoms with E-state index >= 15 is 0 Å². The third kappa shape index (κ3) is 6.96. The van der Waals surface area contributed by atoms with Gasteiger partial charge in [-0.1, -0.05) is 75.6 Å². The molecule has 2 fully saturated rings. The largest absolute Gasteiger partial charge is 0.543 e. The van der Waals surface area contributed by atoms with Crippen LogP contribution < -0.4 is 8.85 Å². The molecule has 1 aromatic rings. The van der Waals surface area contributed by atoms with Crippen molar-refractivity contribution in [3.63, 3.8) is 0 Å². The quantitative estimate of drug-likeness (QED) is 0.407. The Labute approximate surface area is 175 Å². The summed E-state index contributed by atoms with van der Waals surface area (Å²) in [5.74, 6) is 3.66. The van der Waals surface area contributed by atoms with E-state index in [9.17, 15) is 0 Å². The number of rotatable bonds is 10. The van der Waals surface area contributed by atoms with Gasteiger partial charge in [0.1, 0.15) is 11.5 Å². The monoisotopic (exact) mass is 414 g/mol. The average molecular weight is 415 g/mol. The van der Waals surface area contributed by atoms with Crippen LogP contribution in [0.1, 0.15) is 64.2 Å². The van der Waals surface area contributed by atoms with E-state index in [1.54, 1.807) is 0 Å². The van der Waals surface area contributed by atoms with E-state index in [1.165, 1.54) is 76.3 Å². The lowest BCUT2D eigenvalue weighted by atomic mass is 9.91. The normalized spacial score (nSPS) is 20.9. The topological polar surface area (TPSA) is 18.5 Å². The molecular weight excluding hydrogens is 376 g/mol. The zero-order valence-electron chi connectivity index (χ0n) is 17.5. The highest BCUT2D eigenvalue weighted by molar-refractivity contribution is 6.58. The van der Waals surface area contributed by atoms with Crippen LogP contribution in [0.4, 0.5) is 0 Å². The molecule has 0 heterocycles. The lowest BCUT2D eigenvalue weighted by Gasteiger charge is -2.25. The maximum atomic E-state index is 6.33. The van der Waals surface area contributed by atoms with Crippen molar-refractivity contribution in [1.82, 2.24) is 0 Å². The van der Waals surface area contributed by atoms with Gasteiger partial charge in [-0.3, -0.25) is 0 Å². The minimum Gasteiger partial charge on any atom is -0.543 e. The van der Waals surface area contributed by atoms with E-state index in [4.69, 9.17) is 8.85 Å². The van der Waals surface area contributed by atoms with Gasteiger partial charge in [-0.2, -0.15) is 0 Å². The Hall–Kier alpha value is -1.27. The highest BCUT2D eigenvalue weighted by Crippen LogP contribution is 2.30. The van der Waals surface area contributed by atoms with Crippen LogP contribution in [0.5, 0.6) is 11.5 Å². The molecule has 0 aliphatic heterocycles. The summed E-state index contributed by atoms with van der Waals surface area (Å²) in [6, 6.07) is 10.8. The molecule has 0 spiro atoms. The molecule has 0 amide bonds. The first-order valence-electron chi connectivity index (χ1n) is 11.5. The maximum absolute atomic E-state index is 6.33. The van der Waals surface area contributed by atoms with Crippen molar-refractivity contribution >= 4 is 18.1 Å². The van der Waals surface area contributed by atoms with Crippen molar-refractivity contribution in [3.8, 4) is 11.5 Å². The zero-order valence-corrected chi connectivity index (χ0v) is 19.8. The molecule has 4 heteroatoms. The van der Waals surface area contributed by atoms with Crippen molar-refractivity contribution in [2.75, 3.05) is 0 Å². The smallest absolute Gasteiger partial charge is 0.259 e. The predicted molar refractivity (Wildman–Crippen MR) is 125 cm³/mol. The van der Waals surface area contributed by atoms with Gasteiger partial charge in [-0.15, -0.1) is 13.2 Å². The van der Waals surface area contributed by atoms with Crippen LogP contribution in [0.15, 0.2) is 48.8 Å². The fourth-order valence-corrected chi connectivity index (χ4v) is 8.87. The Morgan fingerprint density at radius 3 is 1.36 bits per heavy atom. The van der Waals surface area contributed by atoms with E-state index in [1.807, 2.05) is 0 Å². The van der Waals surface area contributed by atoms with Crippen LogP contribution in [0.3, 0.4) is 0 Å². The van der Waals surface area contributed by atoms with Crippen LogP contribution in [-0.2, 0) is 0 Å². The van der Waals surface area contributed by atoms with Crippen LogP contribution >= 0.6 is 0 Å². The molecule has 0 radical (unpaired) electrons. The van der Waals surface area contributed by atoms with Gasteiger partial charge in [-0.25, -0.2) is 0 Å². The minimum atomic E-state index is -1.37. The SMILES string of the molecule is C=C[SiH](CC1CCCCC1)Oc1ccc(O[SiH](C=C)CC2CCCCC2)cc1. The lowest BCUT2D eigenvalue weighted by Crippen LogP contribution is -2.24. The third-order valence-electron chi connectivity index (χ3n) is 6.51. The molecule has 0 saturated heterocycles. The summed E-state index contributed by atoms with van der Waals surface area (Å²) in [5, 5.41) is 0. The number of hydrogen-bond acceptors (Lipinski definition) is 2. The molecule has 2 nitrogen and oxygen atoms in total. The number of hydrogen-bond donors (Lipinski definition) is 0. The van der Waals surface area contributed by atoms with Gasteiger partial charge in [0.2, 0.25) is 0 Å². The van der Waals surface area contributed by atoms with E-state index in [-0.39, 0.29) is 0 Å². The zero-order chi connectivity index (χ0) is 19.6. The van der Waals surface area contributed by atoms with E-state index in [0.29, 0.717) is 0 Å². The number of benzene rings is 1. The van der Waals surface area contributed by atoms with Gasteiger partial charge in [0.15, 0.2) is 0 Å². The first-order valence-corrected chi connectivity index (χ1v) is 15.4. The molecule has 0 aromatic heterocycles. The standard InChI is InChI=1S/C24H38O2Si2/c1-3-27(19-21-11-7-5-8-12-21)25-23-15-17-24(18-16-23)26-28(4-2)20-22-13-9-6-10-14-22/h3-4,15-18,21-22,27-28H,1-2,5-14,19-20H2. The first kappa shape index (κ1) is 21.4.